The second-order valence-electron chi connectivity index (χ2n) is 9.41. The molecular formula is C28H32ClFN6O. The summed E-state index contributed by atoms with van der Waals surface area (Å²) in [6.07, 6.45) is 5.49. The zero-order valence-corrected chi connectivity index (χ0v) is 21.4. The Labute approximate surface area is 225 Å². The van der Waals surface area contributed by atoms with Gasteiger partial charge in [0.15, 0.2) is 0 Å². The molecule has 2 fully saturated rings. The van der Waals surface area contributed by atoms with Gasteiger partial charge >= 0.3 is 0 Å². The first kappa shape index (κ1) is 23.1. The zero-order chi connectivity index (χ0) is 27.4. The predicted molar refractivity (Wildman–Crippen MR) is 145 cm³/mol. The van der Waals surface area contributed by atoms with E-state index in [0.717, 1.165) is 31.5 Å². The van der Waals surface area contributed by atoms with Crippen LogP contribution in [0.3, 0.4) is 0 Å². The molecule has 4 heterocycles. The molecule has 1 N–H and O–H groups in total. The number of likely N-dealkylation sites (tertiary alicyclic amines) is 1. The summed E-state index contributed by atoms with van der Waals surface area (Å²) in [6.45, 7) is 2.74. The van der Waals surface area contributed by atoms with Crippen LogP contribution in [-0.2, 0) is 6.54 Å². The SMILES string of the molecule is [2H]C1([2H])CCN(C2CCN(Cc3ccc(F)cc3Cl)CC2)CCN1c1cccc(C(=O)Nc2ccncc2)n1. The molecule has 3 aromatic rings. The number of amides is 1. The number of hydrogen-bond acceptors (Lipinski definition) is 6. The Kier molecular flexibility index (Phi) is 7.47. The lowest BCUT2D eigenvalue weighted by Crippen LogP contribution is -2.46. The molecule has 0 aliphatic carbocycles. The summed E-state index contributed by atoms with van der Waals surface area (Å²) in [7, 11) is 0. The van der Waals surface area contributed by atoms with Crippen molar-refractivity contribution in [1.29, 1.82) is 0 Å². The Balaban J connectivity index is 1.20. The summed E-state index contributed by atoms with van der Waals surface area (Å²) in [6, 6.07) is 13.5. The van der Waals surface area contributed by atoms with Crippen molar-refractivity contribution in [3.05, 3.63) is 83.0 Å². The van der Waals surface area contributed by atoms with Crippen molar-refractivity contribution in [2.24, 2.45) is 0 Å². The average molecular weight is 525 g/mol. The van der Waals surface area contributed by atoms with E-state index in [0.29, 0.717) is 55.2 Å². The van der Waals surface area contributed by atoms with Crippen LogP contribution in [-0.4, -0.2) is 70.9 Å². The number of carbonyl (C=O) groups is 1. The quantitative estimate of drug-likeness (QED) is 0.504. The van der Waals surface area contributed by atoms with Gasteiger partial charge in [-0.15, -0.1) is 0 Å². The number of pyridine rings is 2. The number of nitrogens with one attached hydrogen (secondary N) is 1. The van der Waals surface area contributed by atoms with Gasteiger partial charge in [-0.05, 0) is 74.3 Å². The number of nitrogens with zero attached hydrogens (tertiary/aromatic N) is 5. The van der Waals surface area contributed by atoms with Crippen molar-refractivity contribution >= 4 is 29.0 Å². The van der Waals surface area contributed by atoms with Gasteiger partial charge in [0.1, 0.15) is 17.3 Å². The number of hydrogen-bond donors (Lipinski definition) is 1. The van der Waals surface area contributed by atoms with Crippen molar-refractivity contribution in [3.8, 4) is 0 Å². The minimum atomic E-state index is -1.60. The molecule has 0 atom stereocenters. The van der Waals surface area contributed by atoms with Crippen molar-refractivity contribution in [3.63, 3.8) is 0 Å². The maximum absolute atomic E-state index is 13.4. The van der Waals surface area contributed by atoms with Crippen molar-refractivity contribution < 1.29 is 11.9 Å². The smallest absolute Gasteiger partial charge is 0.274 e. The molecule has 2 aliphatic heterocycles. The minimum Gasteiger partial charge on any atom is -0.355 e. The number of anilines is 2. The molecule has 194 valence electrons. The largest absolute Gasteiger partial charge is 0.355 e. The van der Waals surface area contributed by atoms with Gasteiger partial charge in [-0.25, -0.2) is 9.37 Å². The van der Waals surface area contributed by atoms with Crippen LogP contribution >= 0.6 is 11.6 Å². The molecule has 9 heteroatoms. The molecule has 0 saturated carbocycles. The van der Waals surface area contributed by atoms with Crippen LogP contribution in [0.2, 0.25) is 5.02 Å². The Morgan fingerprint density at radius 2 is 1.89 bits per heavy atom. The van der Waals surface area contributed by atoms with Gasteiger partial charge in [-0.2, -0.15) is 0 Å². The summed E-state index contributed by atoms with van der Waals surface area (Å²) < 4.78 is 31.0. The Morgan fingerprint density at radius 1 is 1.08 bits per heavy atom. The molecule has 2 aliphatic rings. The minimum absolute atomic E-state index is 0.231. The normalized spacial score (nSPS) is 20.1. The van der Waals surface area contributed by atoms with E-state index < -0.39 is 6.50 Å². The molecule has 0 spiro atoms. The van der Waals surface area contributed by atoms with E-state index in [1.54, 1.807) is 53.7 Å². The van der Waals surface area contributed by atoms with Gasteiger partial charge in [0, 0.05) is 64.6 Å². The van der Waals surface area contributed by atoms with Gasteiger partial charge in [0.05, 0.1) is 0 Å². The molecule has 0 unspecified atom stereocenters. The van der Waals surface area contributed by atoms with Crippen LogP contribution in [0.4, 0.5) is 15.9 Å². The fourth-order valence-corrected chi connectivity index (χ4v) is 5.20. The number of piperidine rings is 1. The van der Waals surface area contributed by atoms with E-state index in [1.807, 2.05) is 0 Å². The maximum atomic E-state index is 13.4. The highest BCUT2D eigenvalue weighted by Crippen LogP contribution is 2.24. The Morgan fingerprint density at radius 3 is 2.68 bits per heavy atom. The molecule has 1 amide bonds. The molecular weight excluding hydrogens is 491 g/mol. The van der Waals surface area contributed by atoms with Crippen molar-refractivity contribution in [2.75, 3.05) is 49.4 Å². The third-order valence-corrected chi connectivity index (χ3v) is 7.33. The van der Waals surface area contributed by atoms with Crippen LogP contribution < -0.4 is 10.2 Å². The van der Waals surface area contributed by atoms with Crippen molar-refractivity contribution in [1.82, 2.24) is 19.8 Å². The highest BCUT2D eigenvalue weighted by atomic mass is 35.5. The monoisotopic (exact) mass is 524 g/mol. The highest BCUT2D eigenvalue weighted by Gasteiger charge is 2.27. The molecule has 0 radical (unpaired) electrons. The van der Waals surface area contributed by atoms with E-state index in [9.17, 15) is 9.18 Å². The number of halogens is 2. The maximum Gasteiger partial charge on any atom is 0.274 e. The first-order valence-electron chi connectivity index (χ1n) is 13.6. The standard InChI is InChI=1S/C28H32ClFN6O/c29-25-19-22(30)6-5-21(25)20-34-15-9-24(10-16-34)35-13-2-14-36(18-17-35)27-4-1-3-26(33-27)28(37)32-23-7-11-31-12-8-23/h1,3-8,11-12,19,24H,2,9-10,13-18,20H2,(H,31,32,37)/i14D2. The second kappa shape index (κ2) is 12.0. The molecule has 1 aromatic carbocycles. The summed E-state index contributed by atoms with van der Waals surface area (Å²) in [5, 5.41) is 3.26. The summed E-state index contributed by atoms with van der Waals surface area (Å²) >= 11 is 6.23. The van der Waals surface area contributed by atoms with Gasteiger partial charge < -0.3 is 10.2 Å². The first-order valence-corrected chi connectivity index (χ1v) is 13.0. The van der Waals surface area contributed by atoms with Gasteiger partial charge in [-0.1, -0.05) is 23.7 Å². The van der Waals surface area contributed by atoms with Gasteiger partial charge in [-0.3, -0.25) is 19.6 Å². The number of aromatic nitrogens is 2. The second-order valence-corrected chi connectivity index (χ2v) is 9.82. The van der Waals surface area contributed by atoms with Crippen LogP contribution in [0, 0.1) is 5.82 Å². The molecule has 2 aromatic heterocycles. The van der Waals surface area contributed by atoms with Crippen LogP contribution in [0.5, 0.6) is 0 Å². The average Bonchev–Trinajstić information content (AvgIpc) is 3.09. The van der Waals surface area contributed by atoms with E-state index in [1.165, 1.54) is 12.1 Å². The third kappa shape index (κ3) is 6.63. The van der Waals surface area contributed by atoms with Crippen LogP contribution in [0.1, 0.15) is 38.1 Å². The van der Waals surface area contributed by atoms with E-state index >= 15 is 0 Å². The first-order chi connectivity index (χ1) is 18.8. The lowest BCUT2D eigenvalue weighted by atomic mass is 10.0. The Hall–Kier alpha value is -3.07. The van der Waals surface area contributed by atoms with E-state index in [4.69, 9.17) is 14.3 Å². The van der Waals surface area contributed by atoms with Crippen LogP contribution in [0.15, 0.2) is 60.9 Å². The fourth-order valence-electron chi connectivity index (χ4n) is 4.97. The van der Waals surface area contributed by atoms with E-state index in [-0.39, 0.29) is 17.4 Å². The topological polar surface area (TPSA) is 64.6 Å². The van der Waals surface area contributed by atoms with Crippen LogP contribution in [0.25, 0.3) is 0 Å². The molecule has 5 rings (SSSR count). The number of rotatable bonds is 6. The fraction of sp³-hybridized carbons (Fsp3) is 0.393. The number of carbonyl (C=O) groups excluding carboxylic acids is 1. The number of benzene rings is 1. The Bertz CT molecular complexity index is 1290. The summed E-state index contributed by atoms with van der Waals surface area (Å²) in [4.78, 5) is 27.7. The highest BCUT2D eigenvalue weighted by molar-refractivity contribution is 6.31. The molecule has 0 bridgehead atoms. The third-order valence-electron chi connectivity index (χ3n) is 6.98. The van der Waals surface area contributed by atoms with Crippen molar-refractivity contribution in [2.45, 2.75) is 31.8 Å². The predicted octanol–water partition coefficient (Wildman–Crippen LogP) is 4.70. The summed E-state index contributed by atoms with van der Waals surface area (Å²) in [5.41, 5.74) is 1.78. The molecule has 37 heavy (non-hydrogen) atoms. The zero-order valence-electron chi connectivity index (χ0n) is 22.6. The lowest BCUT2D eigenvalue weighted by molar-refractivity contribution is 0.102. The van der Waals surface area contributed by atoms with Gasteiger partial charge in [0.25, 0.3) is 5.91 Å². The molecule has 2 saturated heterocycles. The lowest BCUT2D eigenvalue weighted by Gasteiger charge is -2.38. The summed E-state index contributed by atoms with van der Waals surface area (Å²) in [5.74, 6) is -0.225. The van der Waals surface area contributed by atoms with E-state index in [2.05, 4.69) is 25.1 Å². The molecule has 7 nitrogen and oxygen atoms in total. The van der Waals surface area contributed by atoms with Gasteiger partial charge in [0.2, 0.25) is 0 Å².